The number of anilines is 1. The summed E-state index contributed by atoms with van der Waals surface area (Å²) < 4.78 is 27.8. The lowest BCUT2D eigenvalue weighted by Crippen LogP contribution is -2.22. The third-order valence-corrected chi connectivity index (χ3v) is 4.13. The van der Waals surface area contributed by atoms with Crippen LogP contribution < -0.4 is 4.90 Å². The molecule has 2 aromatic rings. The highest BCUT2D eigenvalue weighted by Crippen LogP contribution is 2.25. The van der Waals surface area contributed by atoms with Crippen molar-refractivity contribution in [2.24, 2.45) is 0 Å². The Hall–Kier alpha value is -1.13. The molecule has 0 atom stereocenters. The van der Waals surface area contributed by atoms with Gasteiger partial charge in [0.15, 0.2) is 0 Å². The van der Waals surface area contributed by atoms with Crippen LogP contribution in [-0.4, -0.2) is 13.6 Å². The first kappa shape index (κ1) is 14.3. The Balaban J connectivity index is 2.12. The number of benzene rings is 1. The van der Waals surface area contributed by atoms with E-state index in [1.165, 1.54) is 17.0 Å². The maximum Gasteiger partial charge on any atom is 0.149 e. The topological polar surface area (TPSA) is 3.24 Å². The fourth-order valence-corrected chi connectivity index (χ4v) is 2.76. The number of likely N-dealkylation sites (N-methyl/N-ethyl adjacent to an activating group) is 1. The van der Waals surface area contributed by atoms with Gasteiger partial charge in [-0.05, 0) is 35.6 Å². The summed E-state index contributed by atoms with van der Waals surface area (Å²) in [5, 5.41) is 1.99. The molecule has 0 aliphatic carbocycles. The molecule has 5 heteroatoms. The summed E-state index contributed by atoms with van der Waals surface area (Å²) in [5.74, 6) is -1.03. The van der Waals surface area contributed by atoms with Gasteiger partial charge in [0.2, 0.25) is 0 Å². The molecular weight excluding hydrogens is 288 g/mol. The molecule has 0 radical (unpaired) electrons. The van der Waals surface area contributed by atoms with Gasteiger partial charge in [-0.1, -0.05) is 6.07 Å². The summed E-state index contributed by atoms with van der Waals surface area (Å²) in [5.41, 5.74) is 0.456. The van der Waals surface area contributed by atoms with Crippen LogP contribution in [0, 0.1) is 11.6 Å². The van der Waals surface area contributed by atoms with Gasteiger partial charge in [-0.2, -0.15) is 0 Å². The van der Waals surface area contributed by atoms with Gasteiger partial charge in [-0.15, -0.1) is 22.9 Å². The number of alkyl halides is 1. The fourth-order valence-electron chi connectivity index (χ4n) is 1.90. The van der Waals surface area contributed by atoms with Gasteiger partial charge in [0.1, 0.15) is 17.3 Å². The van der Waals surface area contributed by atoms with Crippen molar-refractivity contribution < 1.29 is 8.78 Å². The van der Waals surface area contributed by atoms with Gasteiger partial charge in [0.25, 0.3) is 0 Å². The fraction of sp³-hybridized carbons (Fsp3) is 0.286. The molecule has 2 rings (SSSR count). The van der Waals surface area contributed by atoms with Crippen LogP contribution in [0.15, 0.2) is 29.6 Å². The molecule has 19 heavy (non-hydrogen) atoms. The predicted octanol–water partition coefficient (Wildman–Crippen LogP) is 4.44. The van der Waals surface area contributed by atoms with E-state index in [0.717, 1.165) is 6.42 Å². The minimum atomic E-state index is -0.565. The third kappa shape index (κ3) is 3.45. The van der Waals surface area contributed by atoms with E-state index < -0.39 is 11.6 Å². The molecule has 0 unspecified atom stereocenters. The number of thiophene rings is 1. The van der Waals surface area contributed by atoms with Crippen molar-refractivity contribution in [3.63, 3.8) is 0 Å². The summed E-state index contributed by atoms with van der Waals surface area (Å²) in [4.78, 5) is 2.80. The minimum absolute atomic E-state index is 0.00502. The molecular formula is C14H14ClF2NS. The first-order valence-corrected chi connectivity index (χ1v) is 7.30. The first-order valence-electron chi connectivity index (χ1n) is 5.89. The first-order chi connectivity index (χ1) is 9.11. The van der Waals surface area contributed by atoms with E-state index in [0.29, 0.717) is 12.1 Å². The number of hydrogen-bond acceptors (Lipinski definition) is 2. The molecule has 1 aromatic carbocycles. The molecule has 0 saturated heterocycles. The lowest BCUT2D eigenvalue weighted by molar-refractivity contribution is 0.575. The molecule has 0 aliphatic heterocycles. The van der Waals surface area contributed by atoms with E-state index >= 15 is 0 Å². The molecule has 0 fully saturated rings. The summed E-state index contributed by atoms with van der Waals surface area (Å²) >= 11 is 7.23. The number of nitrogens with zero attached hydrogens (tertiary/aromatic N) is 1. The smallest absolute Gasteiger partial charge is 0.149 e. The van der Waals surface area contributed by atoms with Gasteiger partial charge in [0, 0.05) is 24.3 Å². The number of hydrogen-bond donors (Lipinski definition) is 0. The van der Waals surface area contributed by atoms with Crippen LogP contribution in [0.5, 0.6) is 0 Å². The van der Waals surface area contributed by atoms with E-state index in [4.69, 9.17) is 11.6 Å². The number of rotatable bonds is 5. The third-order valence-electron chi connectivity index (χ3n) is 2.89. The summed E-state index contributed by atoms with van der Waals surface area (Å²) in [6, 6.07) is 6.55. The van der Waals surface area contributed by atoms with Crippen molar-refractivity contribution in [1.82, 2.24) is 0 Å². The quantitative estimate of drug-likeness (QED) is 0.738. The summed E-state index contributed by atoms with van der Waals surface area (Å²) in [6.07, 6.45) is 0.768. The van der Waals surface area contributed by atoms with E-state index in [1.54, 1.807) is 23.3 Å². The van der Waals surface area contributed by atoms with E-state index in [-0.39, 0.29) is 11.6 Å². The Morgan fingerprint density at radius 3 is 2.47 bits per heavy atom. The van der Waals surface area contributed by atoms with Crippen LogP contribution in [-0.2, 0) is 12.3 Å². The second kappa shape index (κ2) is 6.35. The van der Waals surface area contributed by atoms with E-state index in [1.807, 2.05) is 17.5 Å². The zero-order chi connectivity index (χ0) is 13.8. The van der Waals surface area contributed by atoms with Crippen molar-refractivity contribution in [3.8, 4) is 0 Å². The highest BCUT2D eigenvalue weighted by Gasteiger charge is 2.15. The van der Waals surface area contributed by atoms with Crippen molar-refractivity contribution in [2.75, 3.05) is 18.5 Å². The van der Waals surface area contributed by atoms with E-state index in [9.17, 15) is 8.78 Å². The molecule has 1 heterocycles. The maximum atomic E-state index is 13.9. The number of halogens is 3. The average molecular weight is 302 g/mol. The molecule has 1 aromatic heterocycles. The second-order valence-corrected chi connectivity index (χ2v) is 5.59. The summed E-state index contributed by atoms with van der Waals surface area (Å²) in [7, 11) is 1.69. The Bertz CT molecular complexity index is 519. The van der Waals surface area contributed by atoms with Crippen molar-refractivity contribution in [2.45, 2.75) is 12.3 Å². The monoisotopic (exact) mass is 301 g/mol. The van der Waals surface area contributed by atoms with Crippen LogP contribution >= 0.6 is 22.9 Å². The van der Waals surface area contributed by atoms with Crippen LogP contribution in [0.3, 0.4) is 0 Å². The Labute approximate surface area is 120 Å². The van der Waals surface area contributed by atoms with E-state index in [2.05, 4.69) is 0 Å². The molecule has 0 amide bonds. The van der Waals surface area contributed by atoms with Gasteiger partial charge in [-0.25, -0.2) is 8.78 Å². The lowest BCUT2D eigenvalue weighted by Gasteiger charge is -2.20. The molecule has 0 bridgehead atoms. The van der Waals surface area contributed by atoms with Crippen LogP contribution in [0.1, 0.15) is 10.4 Å². The maximum absolute atomic E-state index is 13.9. The molecule has 0 saturated carbocycles. The molecule has 0 aliphatic rings. The summed E-state index contributed by atoms with van der Waals surface area (Å²) in [6.45, 7) is 0.564. The van der Waals surface area contributed by atoms with Gasteiger partial charge in [-0.3, -0.25) is 0 Å². The molecule has 0 N–H and O–H groups in total. The standard InChI is InChI=1S/C14H14ClF2NS/c1-18(5-4-11-3-2-6-19-11)14-12(16)7-10(9-15)8-13(14)17/h2-3,6-8H,4-5,9H2,1H3. The minimum Gasteiger partial charge on any atom is -0.369 e. The van der Waals surface area contributed by atoms with Crippen molar-refractivity contribution in [3.05, 3.63) is 51.7 Å². The Morgan fingerprint density at radius 1 is 1.26 bits per heavy atom. The zero-order valence-electron chi connectivity index (χ0n) is 10.5. The van der Waals surface area contributed by atoms with Crippen LogP contribution in [0.2, 0.25) is 0 Å². The highest BCUT2D eigenvalue weighted by molar-refractivity contribution is 7.09. The van der Waals surface area contributed by atoms with Crippen molar-refractivity contribution in [1.29, 1.82) is 0 Å². The second-order valence-electron chi connectivity index (χ2n) is 4.29. The van der Waals surface area contributed by atoms with Crippen molar-refractivity contribution >= 4 is 28.6 Å². The SMILES string of the molecule is CN(CCc1cccs1)c1c(F)cc(CCl)cc1F. The predicted molar refractivity (Wildman–Crippen MR) is 77.2 cm³/mol. The zero-order valence-corrected chi connectivity index (χ0v) is 12.1. The average Bonchev–Trinajstić information content (AvgIpc) is 2.88. The Kier molecular flexibility index (Phi) is 4.77. The highest BCUT2D eigenvalue weighted by atomic mass is 35.5. The largest absolute Gasteiger partial charge is 0.369 e. The van der Waals surface area contributed by atoms with Crippen LogP contribution in [0.4, 0.5) is 14.5 Å². The Morgan fingerprint density at radius 2 is 1.95 bits per heavy atom. The van der Waals surface area contributed by atoms with Crippen LogP contribution in [0.25, 0.3) is 0 Å². The molecule has 1 nitrogen and oxygen atoms in total. The van der Waals surface area contributed by atoms with Gasteiger partial charge in [0.05, 0.1) is 0 Å². The lowest BCUT2D eigenvalue weighted by atomic mass is 10.2. The van der Waals surface area contributed by atoms with Gasteiger partial charge < -0.3 is 4.90 Å². The molecule has 102 valence electrons. The molecule has 0 spiro atoms. The normalized spacial score (nSPS) is 10.7. The van der Waals surface area contributed by atoms with Gasteiger partial charge >= 0.3 is 0 Å².